The molecule has 0 aliphatic heterocycles. The highest BCUT2D eigenvalue weighted by molar-refractivity contribution is 7.90. The number of sulfone groups is 1. The lowest BCUT2D eigenvalue weighted by molar-refractivity contribution is -0.385. The molecule has 0 heterocycles. The van der Waals surface area contributed by atoms with Gasteiger partial charge in [0.15, 0.2) is 9.84 Å². The fourth-order valence-corrected chi connectivity index (χ4v) is 3.86. The number of hydrogen-bond acceptors (Lipinski definition) is 5. The van der Waals surface area contributed by atoms with E-state index in [2.05, 4.69) is 5.32 Å². The Labute approximate surface area is 174 Å². The first-order valence-electron chi connectivity index (χ1n) is 9.04. The number of carbonyl (C=O) groups is 1. The van der Waals surface area contributed by atoms with Crippen LogP contribution in [0.5, 0.6) is 0 Å². The van der Waals surface area contributed by atoms with Crippen LogP contribution in [0.2, 0.25) is 0 Å². The van der Waals surface area contributed by atoms with Crippen LogP contribution in [0.25, 0.3) is 0 Å². The average Bonchev–Trinajstić information content (AvgIpc) is 2.74. The summed E-state index contributed by atoms with van der Waals surface area (Å²) in [7, 11) is -3.75. The van der Waals surface area contributed by atoms with Crippen LogP contribution < -0.4 is 5.32 Å². The molecule has 0 bridgehead atoms. The van der Waals surface area contributed by atoms with Crippen LogP contribution in [0, 0.1) is 10.1 Å². The van der Waals surface area contributed by atoms with Gasteiger partial charge in [-0.1, -0.05) is 60.7 Å². The average molecular weight is 424 g/mol. The van der Waals surface area contributed by atoms with Crippen molar-refractivity contribution in [3.63, 3.8) is 0 Å². The lowest BCUT2D eigenvalue weighted by Gasteiger charge is -2.32. The van der Waals surface area contributed by atoms with Gasteiger partial charge in [-0.05, 0) is 24.1 Å². The maximum atomic E-state index is 13.1. The predicted molar refractivity (Wildman–Crippen MR) is 113 cm³/mol. The van der Waals surface area contributed by atoms with E-state index in [-0.39, 0.29) is 10.5 Å². The molecule has 0 aliphatic rings. The molecule has 1 amide bonds. The zero-order valence-corrected chi connectivity index (χ0v) is 17.2. The molecule has 0 aliphatic carbocycles. The van der Waals surface area contributed by atoms with Crippen molar-refractivity contribution in [2.45, 2.75) is 17.4 Å². The van der Waals surface area contributed by atoms with Gasteiger partial charge in [-0.15, -0.1) is 0 Å². The summed E-state index contributed by atoms with van der Waals surface area (Å²) in [5.41, 5.74) is 0.0821. The molecular formula is C22H20N2O5S. The van der Waals surface area contributed by atoms with Gasteiger partial charge in [-0.2, -0.15) is 0 Å². The van der Waals surface area contributed by atoms with Crippen LogP contribution in [-0.2, 0) is 15.4 Å². The molecule has 154 valence electrons. The summed E-state index contributed by atoms with van der Waals surface area (Å²) in [6.07, 6.45) is 0.936. The third-order valence-corrected chi connectivity index (χ3v) is 5.95. The van der Waals surface area contributed by atoms with E-state index in [0.717, 1.165) is 35.6 Å². The number of amides is 1. The number of nitro benzene ring substituents is 1. The Kier molecular flexibility index (Phi) is 5.71. The number of nitro groups is 1. The zero-order chi connectivity index (χ0) is 21.9. The number of nitrogens with zero attached hydrogens (tertiary/aromatic N) is 1. The minimum absolute atomic E-state index is 0.109. The topological polar surface area (TPSA) is 106 Å². The summed E-state index contributed by atoms with van der Waals surface area (Å²) in [6, 6.07) is 21.7. The van der Waals surface area contributed by atoms with E-state index in [1.54, 1.807) is 0 Å². The van der Waals surface area contributed by atoms with Crippen molar-refractivity contribution in [3.8, 4) is 0 Å². The van der Waals surface area contributed by atoms with Crippen LogP contribution in [0.15, 0.2) is 83.8 Å². The Balaban J connectivity index is 2.10. The molecule has 0 spiro atoms. The first-order valence-corrected chi connectivity index (χ1v) is 10.9. The number of rotatable bonds is 6. The molecule has 1 N–H and O–H groups in total. The van der Waals surface area contributed by atoms with Crippen molar-refractivity contribution in [2.75, 3.05) is 6.26 Å². The van der Waals surface area contributed by atoms with Crippen molar-refractivity contribution in [1.29, 1.82) is 0 Å². The third-order valence-electron chi connectivity index (χ3n) is 4.86. The summed E-state index contributed by atoms with van der Waals surface area (Å²) in [6.45, 7) is 1.82. The van der Waals surface area contributed by atoms with Gasteiger partial charge in [0, 0.05) is 24.0 Å². The van der Waals surface area contributed by atoms with E-state index in [0.29, 0.717) is 0 Å². The second-order valence-electron chi connectivity index (χ2n) is 7.06. The lowest BCUT2D eigenvalue weighted by atomic mass is 9.84. The van der Waals surface area contributed by atoms with Crippen LogP contribution in [0.4, 0.5) is 5.69 Å². The Morgan fingerprint density at radius 2 is 1.43 bits per heavy atom. The first kappa shape index (κ1) is 21.2. The van der Waals surface area contributed by atoms with Gasteiger partial charge < -0.3 is 5.32 Å². The standard InChI is InChI=1S/C22H20N2O5S/c1-22(17-9-5-3-6-10-17,18-11-7-4-8-12-18)23-21(25)16-13-19(24(26)27)15-20(14-16)30(2,28)29/h3-15H,1-2H3,(H,23,25). The summed E-state index contributed by atoms with van der Waals surface area (Å²) in [5.74, 6) is -0.626. The number of hydrogen-bond donors (Lipinski definition) is 1. The molecule has 8 heteroatoms. The van der Waals surface area contributed by atoms with E-state index in [9.17, 15) is 23.3 Å². The molecule has 0 unspecified atom stereocenters. The largest absolute Gasteiger partial charge is 0.339 e. The van der Waals surface area contributed by atoms with Crippen molar-refractivity contribution in [1.82, 2.24) is 5.32 Å². The van der Waals surface area contributed by atoms with Gasteiger partial charge >= 0.3 is 0 Å². The highest BCUT2D eigenvalue weighted by Crippen LogP contribution is 2.30. The second-order valence-corrected chi connectivity index (χ2v) is 9.07. The van der Waals surface area contributed by atoms with Gasteiger partial charge in [-0.3, -0.25) is 14.9 Å². The van der Waals surface area contributed by atoms with Gasteiger partial charge in [0.25, 0.3) is 11.6 Å². The van der Waals surface area contributed by atoms with Crippen LogP contribution in [0.1, 0.15) is 28.4 Å². The molecule has 0 atom stereocenters. The summed E-state index contributed by atoms with van der Waals surface area (Å²) in [4.78, 5) is 23.4. The van der Waals surface area contributed by atoms with Crippen LogP contribution in [0.3, 0.4) is 0 Å². The molecule has 0 radical (unpaired) electrons. The van der Waals surface area contributed by atoms with Crippen LogP contribution in [-0.4, -0.2) is 25.5 Å². The molecular weight excluding hydrogens is 404 g/mol. The zero-order valence-electron chi connectivity index (χ0n) is 16.4. The molecule has 0 saturated heterocycles. The van der Waals surface area contributed by atoms with Crippen molar-refractivity contribution < 1.29 is 18.1 Å². The number of non-ortho nitro benzene ring substituents is 1. The monoisotopic (exact) mass is 424 g/mol. The fraction of sp³-hybridized carbons (Fsp3) is 0.136. The first-order chi connectivity index (χ1) is 14.1. The highest BCUT2D eigenvalue weighted by Gasteiger charge is 2.31. The quantitative estimate of drug-likeness (QED) is 0.480. The van der Waals surface area contributed by atoms with Crippen molar-refractivity contribution in [2.24, 2.45) is 0 Å². The maximum absolute atomic E-state index is 13.1. The Hall–Kier alpha value is -3.52. The van der Waals surface area contributed by atoms with E-state index < -0.39 is 31.9 Å². The minimum Gasteiger partial charge on any atom is -0.339 e. The Morgan fingerprint density at radius 1 is 0.933 bits per heavy atom. The van der Waals surface area contributed by atoms with Gasteiger partial charge in [0.2, 0.25) is 0 Å². The summed E-state index contributed by atoms with van der Waals surface area (Å²) >= 11 is 0. The summed E-state index contributed by atoms with van der Waals surface area (Å²) in [5, 5.41) is 14.2. The number of carbonyl (C=O) groups excluding carboxylic acids is 1. The molecule has 3 aromatic rings. The predicted octanol–water partition coefficient (Wildman–Crippen LogP) is 3.69. The summed E-state index contributed by atoms with van der Waals surface area (Å²) < 4.78 is 23.9. The second kappa shape index (κ2) is 8.08. The van der Waals surface area contributed by atoms with Gasteiger partial charge in [0.1, 0.15) is 0 Å². The molecule has 3 rings (SSSR count). The van der Waals surface area contributed by atoms with Crippen LogP contribution >= 0.6 is 0 Å². The molecule has 0 aromatic heterocycles. The normalized spacial score (nSPS) is 11.7. The third kappa shape index (κ3) is 4.38. The smallest absolute Gasteiger partial charge is 0.271 e. The molecule has 0 fully saturated rings. The van der Waals surface area contributed by atoms with E-state index in [4.69, 9.17) is 0 Å². The van der Waals surface area contributed by atoms with E-state index in [1.807, 2.05) is 67.6 Å². The molecule has 7 nitrogen and oxygen atoms in total. The number of benzene rings is 3. The lowest BCUT2D eigenvalue weighted by Crippen LogP contribution is -2.44. The Morgan fingerprint density at radius 3 is 1.87 bits per heavy atom. The fourth-order valence-electron chi connectivity index (χ4n) is 3.19. The molecule has 3 aromatic carbocycles. The highest BCUT2D eigenvalue weighted by atomic mass is 32.2. The molecule has 30 heavy (non-hydrogen) atoms. The number of nitrogens with one attached hydrogen (secondary N) is 1. The van der Waals surface area contributed by atoms with Gasteiger partial charge in [0.05, 0.1) is 15.4 Å². The maximum Gasteiger partial charge on any atom is 0.271 e. The Bertz CT molecular complexity index is 1150. The van der Waals surface area contributed by atoms with E-state index >= 15 is 0 Å². The SMILES string of the molecule is CC(NC(=O)c1cc([N+](=O)[O-])cc(S(C)(=O)=O)c1)(c1ccccc1)c1ccccc1. The van der Waals surface area contributed by atoms with Crippen molar-refractivity contribution in [3.05, 3.63) is 106 Å². The van der Waals surface area contributed by atoms with Gasteiger partial charge in [-0.25, -0.2) is 8.42 Å². The van der Waals surface area contributed by atoms with Crippen molar-refractivity contribution >= 4 is 21.4 Å². The molecule has 0 saturated carbocycles. The van der Waals surface area contributed by atoms with E-state index in [1.165, 1.54) is 0 Å². The minimum atomic E-state index is -3.75.